The van der Waals surface area contributed by atoms with E-state index in [0.29, 0.717) is 12.3 Å². The van der Waals surface area contributed by atoms with E-state index in [9.17, 15) is 5.11 Å². The zero-order chi connectivity index (χ0) is 13.7. The zero-order valence-electron chi connectivity index (χ0n) is 11.0. The molecule has 0 amide bonds. The summed E-state index contributed by atoms with van der Waals surface area (Å²) in [5, 5.41) is 13.1. The number of rotatable bonds is 4. The Balaban J connectivity index is 2.12. The van der Waals surface area contributed by atoms with Crippen LogP contribution in [0.25, 0.3) is 0 Å². The third-order valence-corrected chi connectivity index (χ3v) is 3.06. The molecule has 0 atom stereocenters. The molecule has 2 nitrogen and oxygen atoms in total. The third kappa shape index (κ3) is 3.29. The number of phenolic OH excluding ortho intramolecular Hbond substituents is 1. The highest BCUT2D eigenvalue weighted by atomic mass is 16.3. The lowest BCUT2D eigenvalue weighted by Crippen LogP contribution is -2.00. The molecule has 19 heavy (non-hydrogen) atoms. The van der Waals surface area contributed by atoms with Gasteiger partial charge in [-0.15, -0.1) is 6.42 Å². The van der Waals surface area contributed by atoms with Crippen molar-refractivity contribution in [2.24, 2.45) is 0 Å². The van der Waals surface area contributed by atoms with E-state index in [2.05, 4.69) is 18.2 Å². The molecule has 2 rings (SSSR count). The quantitative estimate of drug-likeness (QED) is 0.814. The number of aromatic hydroxyl groups is 1. The summed E-state index contributed by atoms with van der Waals surface area (Å²) in [6, 6.07) is 13.4. The van der Waals surface area contributed by atoms with Crippen molar-refractivity contribution in [2.75, 3.05) is 5.32 Å². The van der Waals surface area contributed by atoms with Crippen LogP contribution in [0.15, 0.2) is 42.5 Å². The van der Waals surface area contributed by atoms with E-state index in [-0.39, 0.29) is 0 Å². The summed E-state index contributed by atoms with van der Waals surface area (Å²) >= 11 is 0. The molecule has 0 bridgehead atoms. The van der Waals surface area contributed by atoms with Gasteiger partial charge in [0.25, 0.3) is 0 Å². The van der Waals surface area contributed by atoms with Crippen LogP contribution in [-0.4, -0.2) is 5.11 Å². The summed E-state index contributed by atoms with van der Waals surface area (Å²) in [6.45, 7) is 2.67. The molecule has 2 heteroatoms. The first kappa shape index (κ1) is 13.0. The molecule has 0 radical (unpaired) electrons. The fourth-order valence-electron chi connectivity index (χ4n) is 1.92. The van der Waals surface area contributed by atoms with E-state index in [0.717, 1.165) is 23.2 Å². The van der Waals surface area contributed by atoms with Crippen LogP contribution >= 0.6 is 0 Å². The van der Waals surface area contributed by atoms with E-state index >= 15 is 0 Å². The zero-order valence-corrected chi connectivity index (χ0v) is 11.0. The highest BCUT2D eigenvalue weighted by Gasteiger charge is 2.02. The molecule has 96 valence electrons. The smallest absolute Gasteiger partial charge is 0.120 e. The van der Waals surface area contributed by atoms with Crippen LogP contribution in [0.2, 0.25) is 0 Å². The molecule has 0 spiro atoms. The van der Waals surface area contributed by atoms with E-state index < -0.39 is 0 Å². The highest BCUT2D eigenvalue weighted by Crippen LogP contribution is 2.20. The van der Waals surface area contributed by atoms with Gasteiger partial charge in [0.2, 0.25) is 0 Å². The number of benzene rings is 2. The van der Waals surface area contributed by atoms with Crippen LogP contribution in [0, 0.1) is 12.3 Å². The van der Waals surface area contributed by atoms with E-state index in [1.54, 1.807) is 6.07 Å². The molecule has 0 unspecified atom stereocenters. The van der Waals surface area contributed by atoms with Gasteiger partial charge in [0.05, 0.1) is 0 Å². The average Bonchev–Trinajstić information content (AvgIpc) is 2.46. The van der Waals surface area contributed by atoms with Crippen LogP contribution in [0.1, 0.15) is 23.6 Å². The monoisotopic (exact) mass is 251 g/mol. The first-order valence-corrected chi connectivity index (χ1v) is 6.34. The van der Waals surface area contributed by atoms with Crippen LogP contribution in [0.5, 0.6) is 5.75 Å². The van der Waals surface area contributed by atoms with Crippen LogP contribution in [0.4, 0.5) is 5.69 Å². The van der Waals surface area contributed by atoms with Gasteiger partial charge in [-0.2, -0.15) is 0 Å². The molecule has 0 saturated heterocycles. The first-order valence-electron chi connectivity index (χ1n) is 6.34. The van der Waals surface area contributed by atoms with Gasteiger partial charge in [0, 0.05) is 23.4 Å². The van der Waals surface area contributed by atoms with Crippen molar-refractivity contribution in [2.45, 2.75) is 19.9 Å². The van der Waals surface area contributed by atoms with E-state index in [4.69, 9.17) is 6.42 Å². The topological polar surface area (TPSA) is 32.3 Å². The van der Waals surface area contributed by atoms with E-state index in [1.807, 2.05) is 36.4 Å². The van der Waals surface area contributed by atoms with Crippen LogP contribution < -0.4 is 5.32 Å². The molecule has 0 saturated carbocycles. The SMILES string of the molecule is C#Cc1cccc(NCc2cc(CC)ccc2O)c1. The Hall–Kier alpha value is -2.40. The highest BCUT2D eigenvalue weighted by molar-refractivity contribution is 5.51. The predicted octanol–water partition coefficient (Wildman–Crippen LogP) is 3.55. The van der Waals surface area contributed by atoms with Gasteiger partial charge in [-0.1, -0.05) is 31.0 Å². The standard InChI is InChI=1S/C17H17NO/c1-3-13-6-5-7-16(11-13)18-12-15-10-14(4-2)8-9-17(15)19/h1,5-11,18-19H,4,12H2,2H3. The minimum Gasteiger partial charge on any atom is -0.508 e. The summed E-state index contributed by atoms with van der Waals surface area (Å²) in [5.41, 5.74) is 3.91. The average molecular weight is 251 g/mol. The summed E-state index contributed by atoms with van der Waals surface area (Å²) in [5.74, 6) is 2.92. The Kier molecular flexibility index (Phi) is 4.10. The van der Waals surface area contributed by atoms with Crippen molar-refractivity contribution in [1.82, 2.24) is 0 Å². The van der Waals surface area contributed by atoms with Crippen molar-refractivity contribution in [1.29, 1.82) is 0 Å². The number of phenols is 1. The second-order valence-corrected chi connectivity index (χ2v) is 4.40. The maximum Gasteiger partial charge on any atom is 0.120 e. The van der Waals surface area contributed by atoms with Crippen LogP contribution in [-0.2, 0) is 13.0 Å². The van der Waals surface area contributed by atoms with Gasteiger partial charge >= 0.3 is 0 Å². The summed E-state index contributed by atoms with van der Waals surface area (Å²) in [4.78, 5) is 0. The molecule has 2 aromatic carbocycles. The van der Waals surface area contributed by atoms with Gasteiger partial charge in [-0.25, -0.2) is 0 Å². The number of hydrogen-bond donors (Lipinski definition) is 2. The van der Waals surface area contributed by atoms with Crippen LogP contribution in [0.3, 0.4) is 0 Å². The molecular formula is C17H17NO. The maximum atomic E-state index is 9.84. The Morgan fingerprint density at radius 3 is 2.79 bits per heavy atom. The second-order valence-electron chi connectivity index (χ2n) is 4.40. The minimum atomic E-state index is 0.317. The Bertz CT molecular complexity index is 611. The normalized spacial score (nSPS) is 9.89. The fraction of sp³-hybridized carbons (Fsp3) is 0.176. The van der Waals surface area contributed by atoms with Crippen molar-refractivity contribution < 1.29 is 5.11 Å². The molecule has 2 N–H and O–H groups in total. The largest absolute Gasteiger partial charge is 0.508 e. The molecule has 0 aliphatic rings. The molecule has 0 heterocycles. The fourth-order valence-corrected chi connectivity index (χ4v) is 1.92. The summed E-state index contributed by atoms with van der Waals surface area (Å²) < 4.78 is 0. The number of aryl methyl sites for hydroxylation is 1. The summed E-state index contributed by atoms with van der Waals surface area (Å²) in [7, 11) is 0. The Labute approximate surface area is 114 Å². The van der Waals surface area contributed by atoms with Gasteiger partial charge in [-0.05, 0) is 36.2 Å². The molecule has 2 aromatic rings. The van der Waals surface area contributed by atoms with E-state index in [1.165, 1.54) is 5.56 Å². The van der Waals surface area contributed by atoms with Gasteiger partial charge in [0.1, 0.15) is 5.75 Å². The lowest BCUT2D eigenvalue weighted by molar-refractivity contribution is 0.469. The lowest BCUT2D eigenvalue weighted by atomic mass is 10.1. The molecular weight excluding hydrogens is 234 g/mol. The summed E-state index contributed by atoms with van der Waals surface area (Å²) in [6.07, 6.45) is 6.33. The number of nitrogens with one attached hydrogen (secondary N) is 1. The van der Waals surface area contributed by atoms with Crippen molar-refractivity contribution in [3.05, 3.63) is 59.2 Å². The Morgan fingerprint density at radius 1 is 1.21 bits per heavy atom. The maximum absolute atomic E-state index is 9.84. The predicted molar refractivity (Wildman–Crippen MR) is 79.2 cm³/mol. The van der Waals surface area contributed by atoms with Gasteiger partial charge in [-0.3, -0.25) is 0 Å². The molecule has 0 fully saturated rings. The van der Waals surface area contributed by atoms with Crippen molar-refractivity contribution >= 4 is 5.69 Å². The third-order valence-electron chi connectivity index (χ3n) is 3.06. The molecule has 0 aliphatic heterocycles. The second kappa shape index (κ2) is 5.97. The molecule has 0 aromatic heterocycles. The van der Waals surface area contributed by atoms with Crippen molar-refractivity contribution in [3.8, 4) is 18.1 Å². The number of anilines is 1. The van der Waals surface area contributed by atoms with Crippen molar-refractivity contribution in [3.63, 3.8) is 0 Å². The van der Waals surface area contributed by atoms with Gasteiger partial charge < -0.3 is 10.4 Å². The Morgan fingerprint density at radius 2 is 2.05 bits per heavy atom. The first-order chi connectivity index (χ1) is 9.22. The van der Waals surface area contributed by atoms with Gasteiger partial charge in [0.15, 0.2) is 0 Å². The number of hydrogen-bond acceptors (Lipinski definition) is 2. The molecule has 0 aliphatic carbocycles. The lowest BCUT2D eigenvalue weighted by Gasteiger charge is -2.10. The minimum absolute atomic E-state index is 0.317. The number of terminal acetylenes is 1.